The molecule has 2 heterocycles. The van der Waals surface area contributed by atoms with Crippen LogP contribution in [0.15, 0.2) is 53.8 Å². The van der Waals surface area contributed by atoms with Gasteiger partial charge in [0.25, 0.3) is 0 Å². The van der Waals surface area contributed by atoms with Crippen molar-refractivity contribution in [3.8, 4) is 0 Å². The van der Waals surface area contributed by atoms with Gasteiger partial charge in [-0.15, -0.1) is 0 Å². The molecule has 2 amide bonds. The molecule has 1 fully saturated rings. The Morgan fingerprint density at radius 3 is 2.44 bits per heavy atom. The third-order valence-corrected chi connectivity index (χ3v) is 7.53. The van der Waals surface area contributed by atoms with E-state index in [1.54, 1.807) is 43.4 Å². The minimum absolute atomic E-state index is 0.0272. The number of carbonyl (C=O) groups excluding carboxylic acids is 3. The van der Waals surface area contributed by atoms with Crippen molar-refractivity contribution in [2.24, 2.45) is 0 Å². The van der Waals surface area contributed by atoms with Crippen molar-refractivity contribution in [2.75, 3.05) is 26.7 Å². The number of hydrogen-bond donors (Lipinski definition) is 1. The van der Waals surface area contributed by atoms with Crippen LogP contribution in [-0.2, 0) is 35.8 Å². The molecule has 1 unspecified atom stereocenters. The highest BCUT2D eigenvalue weighted by Gasteiger charge is 2.43. The normalized spacial score (nSPS) is 23.7. The van der Waals surface area contributed by atoms with Crippen molar-refractivity contribution < 1.29 is 28.2 Å². The number of amides is 2. The topological polar surface area (TPSA) is 88.2 Å². The molecule has 6 radical (unpaired) electrons. The highest BCUT2D eigenvalue weighted by atomic mass is 19.1. The van der Waals surface area contributed by atoms with Crippen LogP contribution in [0.5, 0.6) is 0 Å². The number of allylic oxidation sites excluding steroid dienone is 3. The summed E-state index contributed by atoms with van der Waals surface area (Å²) in [4.78, 5) is 40.3. The van der Waals surface area contributed by atoms with Crippen molar-refractivity contribution in [1.29, 1.82) is 0 Å². The Labute approximate surface area is 258 Å². The fraction of sp³-hybridized carbons (Fsp3) is 0.516. The van der Waals surface area contributed by atoms with E-state index in [9.17, 15) is 18.8 Å². The van der Waals surface area contributed by atoms with E-state index in [0.717, 1.165) is 0 Å². The molecule has 0 bridgehead atoms. The molecule has 3 rings (SSSR count). The summed E-state index contributed by atoms with van der Waals surface area (Å²) in [6, 6.07) is 4.45. The molecule has 224 valence electrons. The third-order valence-electron chi connectivity index (χ3n) is 7.53. The zero-order chi connectivity index (χ0) is 32.2. The van der Waals surface area contributed by atoms with Crippen LogP contribution in [0.2, 0.25) is 0 Å². The largest absolute Gasteiger partial charge is 0.489 e. The second kappa shape index (κ2) is 13.3. The highest BCUT2D eigenvalue weighted by molar-refractivity contribution is 6.39. The lowest BCUT2D eigenvalue weighted by atomic mass is 9.56. The predicted octanol–water partition coefficient (Wildman–Crippen LogP) is 2.50. The smallest absolute Gasteiger partial charge is 0.250 e. The molecule has 2 aliphatic rings. The number of hydrogen-bond acceptors (Lipinski definition) is 6. The number of halogens is 1. The van der Waals surface area contributed by atoms with Gasteiger partial charge in [0.1, 0.15) is 32.3 Å². The number of benzene rings is 1. The van der Waals surface area contributed by atoms with Gasteiger partial charge in [0, 0.05) is 44.2 Å². The zero-order valence-corrected chi connectivity index (χ0v) is 25.9. The SMILES string of the molecule is [B]C(CCC=O)(C(=O)NC)N1C/C=C(OCc2cc(C([B])([B])N3CC(C)(C)OC(C)(C)C3)ccc2F)/C=C\C=C(/C)C1=O. The second-order valence-corrected chi connectivity index (χ2v) is 12.3. The van der Waals surface area contributed by atoms with Gasteiger partial charge in [0.2, 0.25) is 11.8 Å². The number of likely N-dealkylation sites (N-methyl/N-ethyl adjacent to an activating group) is 1. The van der Waals surface area contributed by atoms with E-state index in [2.05, 4.69) is 5.32 Å². The summed E-state index contributed by atoms with van der Waals surface area (Å²) in [6.45, 7) is 10.1. The summed E-state index contributed by atoms with van der Waals surface area (Å²) < 4.78 is 27.1. The maximum absolute atomic E-state index is 15.0. The quantitative estimate of drug-likeness (QED) is 0.336. The van der Waals surface area contributed by atoms with E-state index in [-0.39, 0.29) is 31.6 Å². The van der Waals surface area contributed by atoms with Gasteiger partial charge < -0.3 is 29.4 Å². The fourth-order valence-electron chi connectivity index (χ4n) is 5.55. The molecule has 1 saturated heterocycles. The van der Waals surface area contributed by atoms with E-state index >= 15 is 0 Å². The van der Waals surface area contributed by atoms with Gasteiger partial charge in [-0.1, -0.05) is 18.2 Å². The molecule has 0 aromatic heterocycles. The summed E-state index contributed by atoms with van der Waals surface area (Å²) in [5, 5.41) is 1.07. The lowest BCUT2D eigenvalue weighted by Crippen LogP contribution is -2.63. The van der Waals surface area contributed by atoms with E-state index in [1.807, 2.05) is 32.6 Å². The first-order valence-corrected chi connectivity index (χ1v) is 14.2. The molecular weight excluding hydrogens is 546 g/mol. The zero-order valence-electron chi connectivity index (χ0n) is 25.9. The number of nitrogens with one attached hydrogen (secondary N) is 1. The molecular formula is C31H39B3FN3O5. The lowest BCUT2D eigenvalue weighted by Gasteiger charge is -2.53. The number of carbonyl (C=O) groups is 3. The molecule has 1 aromatic rings. The maximum atomic E-state index is 15.0. The first kappa shape index (κ1) is 34.4. The van der Waals surface area contributed by atoms with Crippen LogP contribution in [0.1, 0.15) is 58.6 Å². The van der Waals surface area contributed by atoms with Gasteiger partial charge in [-0.25, -0.2) is 4.39 Å². The summed E-state index contributed by atoms with van der Waals surface area (Å²) in [7, 11) is 21.2. The van der Waals surface area contributed by atoms with Crippen LogP contribution in [0.25, 0.3) is 0 Å². The predicted molar refractivity (Wildman–Crippen MR) is 166 cm³/mol. The molecule has 43 heavy (non-hydrogen) atoms. The van der Waals surface area contributed by atoms with Crippen molar-refractivity contribution >= 4 is 41.6 Å². The molecule has 0 saturated carbocycles. The standard InChI is InChI=1S/C31H39B3FN3O5/c1-21-9-7-10-24(13-15-38(26(21)40)30(32,14-8-16-39)27(41)36-6)42-18-22-17-23(11-12-25(22)35)31(33,34)37-19-28(2,3)43-29(4,5)20-37/h7,9-13,16-17H,8,14-15,18-20H2,1-6H3,(H,36,41)/b10-7-,21-9+,24-13-. The van der Waals surface area contributed by atoms with Gasteiger partial charge in [0.15, 0.2) is 0 Å². The third kappa shape index (κ3) is 8.09. The molecule has 1 N–H and O–H groups in total. The first-order chi connectivity index (χ1) is 20.0. The van der Waals surface area contributed by atoms with Crippen LogP contribution < -0.4 is 5.32 Å². The average molecular weight is 585 g/mol. The molecule has 8 nitrogen and oxygen atoms in total. The second-order valence-electron chi connectivity index (χ2n) is 12.3. The van der Waals surface area contributed by atoms with Crippen LogP contribution in [-0.4, -0.2) is 94.8 Å². The van der Waals surface area contributed by atoms with Gasteiger partial charge in [-0.3, -0.25) is 9.59 Å². The van der Waals surface area contributed by atoms with Gasteiger partial charge in [-0.2, -0.15) is 0 Å². The average Bonchev–Trinajstić information content (AvgIpc) is 2.98. The minimum Gasteiger partial charge on any atom is -0.489 e. The number of rotatable bonds is 10. The van der Waals surface area contributed by atoms with Crippen molar-refractivity contribution in [1.82, 2.24) is 15.1 Å². The number of morpholine rings is 1. The number of nitrogens with zero attached hydrogens (tertiary/aromatic N) is 2. The highest BCUT2D eigenvalue weighted by Crippen LogP contribution is 2.35. The Kier molecular flexibility index (Phi) is 10.6. The maximum Gasteiger partial charge on any atom is 0.250 e. The Bertz CT molecular complexity index is 1310. The molecule has 12 heteroatoms. The Hall–Kier alpha value is -3.11. The molecule has 0 spiro atoms. The molecule has 2 aliphatic heterocycles. The van der Waals surface area contributed by atoms with Gasteiger partial charge >= 0.3 is 0 Å². The summed E-state index contributed by atoms with van der Waals surface area (Å²) >= 11 is 0. The Morgan fingerprint density at radius 1 is 1.19 bits per heavy atom. The van der Waals surface area contributed by atoms with E-state index in [4.69, 9.17) is 33.0 Å². The Balaban J connectivity index is 1.88. The summed E-state index contributed by atoms with van der Waals surface area (Å²) in [5.74, 6) is -1.28. The number of aldehydes is 1. The molecule has 1 aromatic carbocycles. The fourth-order valence-corrected chi connectivity index (χ4v) is 5.55. The summed E-state index contributed by atoms with van der Waals surface area (Å²) in [6.07, 6.45) is 6.91. The monoisotopic (exact) mass is 585 g/mol. The Morgan fingerprint density at radius 2 is 1.84 bits per heavy atom. The van der Waals surface area contributed by atoms with Crippen molar-refractivity contribution in [3.63, 3.8) is 0 Å². The van der Waals surface area contributed by atoms with Crippen molar-refractivity contribution in [2.45, 2.75) is 76.0 Å². The van der Waals surface area contributed by atoms with E-state index in [0.29, 0.717) is 36.3 Å². The van der Waals surface area contributed by atoms with E-state index in [1.165, 1.54) is 18.0 Å². The first-order valence-electron chi connectivity index (χ1n) is 14.2. The minimum atomic E-state index is -1.79. The summed E-state index contributed by atoms with van der Waals surface area (Å²) in [5.41, 5.74) is -1.73. The van der Waals surface area contributed by atoms with Gasteiger partial charge in [0.05, 0.1) is 32.3 Å². The lowest BCUT2D eigenvalue weighted by molar-refractivity contribution is -0.186. The van der Waals surface area contributed by atoms with Crippen LogP contribution >= 0.6 is 0 Å². The molecule has 0 aliphatic carbocycles. The van der Waals surface area contributed by atoms with Crippen molar-refractivity contribution in [3.05, 3.63) is 70.8 Å². The van der Waals surface area contributed by atoms with Crippen LogP contribution in [0.3, 0.4) is 0 Å². The number of ether oxygens (including phenoxy) is 2. The van der Waals surface area contributed by atoms with Crippen LogP contribution in [0, 0.1) is 5.82 Å². The van der Waals surface area contributed by atoms with E-state index < -0.39 is 39.6 Å². The van der Waals surface area contributed by atoms with Crippen LogP contribution in [0.4, 0.5) is 4.39 Å². The van der Waals surface area contributed by atoms with Gasteiger partial charge in [-0.05, 0) is 76.2 Å². The molecule has 1 atom stereocenters.